The summed E-state index contributed by atoms with van der Waals surface area (Å²) in [6.45, 7) is 0. The van der Waals surface area contributed by atoms with Crippen LogP contribution in [0.2, 0.25) is 15.2 Å². The Labute approximate surface area is 214 Å². The van der Waals surface area contributed by atoms with Crippen molar-refractivity contribution < 1.29 is 9.59 Å². The highest BCUT2D eigenvalue weighted by molar-refractivity contribution is 7.98. The van der Waals surface area contributed by atoms with Crippen molar-refractivity contribution in [1.82, 2.24) is 15.1 Å². The van der Waals surface area contributed by atoms with Gasteiger partial charge in [0.2, 0.25) is 0 Å². The monoisotopic (exact) mass is 536 g/mol. The molecule has 0 saturated carbocycles. The second-order valence-electron chi connectivity index (χ2n) is 6.95. The van der Waals surface area contributed by atoms with Crippen molar-refractivity contribution >= 4 is 87.5 Å². The third-order valence-corrected chi connectivity index (χ3v) is 7.01. The van der Waals surface area contributed by atoms with Gasteiger partial charge in [-0.3, -0.25) is 24.5 Å². The standard InChI is InChI=1S/C22H15Cl3N4O2S2/c1-28-19(25)16(18(27-28)11-33-15-8-4-13(24)5-9-15)10-17-20(30)26-22(32)29(21(17)31)14-6-2-12(23)3-7-14/h2-10H,11H2,1H3,(H,26,30,32)/b17-10+. The van der Waals surface area contributed by atoms with Crippen molar-refractivity contribution in [3.8, 4) is 0 Å². The van der Waals surface area contributed by atoms with E-state index in [0.717, 1.165) is 4.90 Å². The largest absolute Gasteiger partial charge is 0.298 e. The number of nitrogens with one attached hydrogen (secondary N) is 1. The van der Waals surface area contributed by atoms with Gasteiger partial charge in [-0.05, 0) is 66.8 Å². The van der Waals surface area contributed by atoms with Crippen molar-refractivity contribution in [1.29, 1.82) is 0 Å². The van der Waals surface area contributed by atoms with Crippen molar-refractivity contribution in [3.63, 3.8) is 0 Å². The molecule has 0 atom stereocenters. The lowest BCUT2D eigenvalue weighted by Gasteiger charge is -2.28. The van der Waals surface area contributed by atoms with Gasteiger partial charge in [0.1, 0.15) is 10.7 Å². The molecule has 0 unspecified atom stereocenters. The zero-order valence-corrected chi connectivity index (χ0v) is 20.9. The quantitative estimate of drug-likeness (QED) is 0.201. The number of aryl methyl sites for hydroxylation is 1. The fraction of sp³-hybridized carbons (Fsp3) is 0.0909. The summed E-state index contributed by atoms with van der Waals surface area (Å²) < 4.78 is 1.50. The number of benzene rings is 2. The zero-order chi connectivity index (χ0) is 23.7. The van der Waals surface area contributed by atoms with Crippen LogP contribution in [0, 0.1) is 0 Å². The molecular weight excluding hydrogens is 523 g/mol. The SMILES string of the molecule is Cn1nc(CSc2ccc(Cl)cc2)c(/C=C2\C(=O)NC(=S)N(c3ccc(Cl)cc3)C2=O)c1Cl. The molecule has 2 amide bonds. The third-order valence-electron chi connectivity index (χ3n) is 4.75. The number of thioether (sulfide) groups is 1. The molecule has 4 rings (SSSR count). The molecule has 168 valence electrons. The average Bonchev–Trinajstić information content (AvgIpc) is 3.05. The molecule has 0 aliphatic carbocycles. The van der Waals surface area contributed by atoms with Crippen LogP contribution < -0.4 is 10.2 Å². The predicted octanol–water partition coefficient (Wildman–Crippen LogP) is 5.50. The smallest absolute Gasteiger partial charge is 0.270 e. The van der Waals surface area contributed by atoms with E-state index in [4.69, 9.17) is 47.0 Å². The highest BCUT2D eigenvalue weighted by atomic mass is 35.5. The summed E-state index contributed by atoms with van der Waals surface area (Å²) in [6.07, 6.45) is 1.45. The summed E-state index contributed by atoms with van der Waals surface area (Å²) in [6, 6.07) is 14.0. The minimum absolute atomic E-state index is 0.0136. The van der Waals surface area contributed by atoms with Gasteiger partial charge in [0.25, 0.3) is 11.8 Å². The van der Waals surface area contributed by atoms with Crippen LogP contribution in [-0.4, -0.2) is 26.7 Å². The Balaban J connectivity index is 1.67. The van der Waals surface area contributed by atoms with Crippen LogP contribution >= 0.6 is 58.8 Å². The van der Waals surface area contributed by atoms with Gasteiger partial charge in [0, 0.05) is 33.3 Å². The first-order valence-electron chi connectivity index (χ1n) is 9.51. The maximum atomic E-state index is 13.3. The van der Waals surface area contributed by atoms with Crippen LogP contribution in [0.3, 0.4) is 0 Å². The number of halogens is 3. The number of aromatic nitrogens is 2. The topological polar surface area (TPSA) is 67.2 Å². The molecule has 3 aromatic rings. The molecule has 1 saturated heterocycles. The van der Waals surface area contributed by atoms with Crippen molar-refractivity contribution in [3.05, 3.63) is 80.6 Å². The Kier molecular flexibility index (Phi) is 7.11. The van der Waals surface area contributed by atoms with Gasteiger partial charge >= 0.3 is 0 Å². The number of rotatable bonds is 5. The van der Waals surface area contributed by atoms with Gasteiger partial charge < -0.3 is 0 Å². The highest BCUT2D eigenvalue weighted by Crippen LogP contribution is 2.31. The number of carbonyl (C=O) groups is 2. The van der Waals surface area contributed by atoms with E-state index < -0.39 is 11.8 Å². The molecule has 2 aromatic carbocycles. The van der Waals surface area contributed by atoms with Gasteiger partial charge in [-0.2, -0.15) is 5.10 Å². The molecule has 1 aliphatic rings. The first-order chi connectivity index (χ1) is 15.7. The predicted molar refractivity (Wildman–Crippen MR) is 137 cm³/mol. The summed E-state index contributed by atoms with van der Waals surface area (Å²) >= 11 is 25.1. The lowest BCUT2D eigenvalue weighted by molar-refractivity contribution is -0.122. The number of anilines is 1. The Morgan fingerprint density at radius 1 is 1.03 bits per heavy atom. The lowest BCUT2D eigenvalue weighted by atomic mass is 10.1. The van der Waals surface area contributed by atoms with Gasteiger partial charge in [0.05, 0.1) is 11.4 Å². The van der Waals surface area contributed by atoms with E-state index in [0.29, 0.717) is 37.9 Å². The molecule has 0 spiro atoms. The number of hydrogen-bond acceptors (Lipinski definition) is 5. The fourth-order valence-electron chi connectivity index (χ4n) is 3.13. The Morgan fingerprint density at radius 2 is 1.64 bits per heavy atom. The number of carbonyl (C=O) groups excluding carboxylic acids is 2. The van der Waals surface area contributed by atoms with Gasteiger partial charge in [-0.15, -0.1) is 11.8 Å². The maximum absolute atomic E-state index is 13.3. The zero-order valence-electron chi connectivity index (χ0n) is 17.0. The van der Waals surface area contributed by atoms with Crippen molar-refractivity contribution in [2.24, 2.45) is 7.05 Å². The van der Waals surface area contributed by atoms with Crippen LogP contribution in [-0.2, 0) is 22.4 Å². The van der Waals surface area contributed by atoms with E-state index in [9.17, 15) is 9.59 Å². The molecule has 1 fully saturated rings. The summed E-state index contributed by atoms with van der Waals surface area (Å²) in [5.74, 6) is -0.704. The van der Waals surface area contributed by atoms with Crippen LogP contribution in [0.1, 0.15) is 11.3 Å². The molecule has 2 heterocycles. The lowest BCUT2D eigenvalue weighted by Crippen LogP contribution is -2.54. The molecular formula is C22H15Cl3N4O2S2. The van der Waals surface area contributed by atoms with E-state index in [1.165, 1.54) is 27.4 Å². The summed E-state index contributed by atoms with van der Waals surface area (Å²) in [4.78, 5) is 28.2. The normalized spacial score (nSPS) is 15.3. The maximum Gasteiger partial charge on any atom is 0.270 e. The van der Waals surface area contributed by atoms with Gasteiger partial charge in [-0.1, -0.05) is 34.8 Å². The van der Waals surface area contributed by atoms with E-state index in [2.05, 4.69) is 10.4 Å². The van der Waals surface area contributed by atoms with Crippen LogP contribution in [0.5, 0.6) is 0 Å². The molecule has 1 N–H and O–H groups in total. The molecule has 1 aliphatic heterocycles. The number of nitrogens with zero attached hydrogens (tertiary/aromatic N) is 3. The summed E-state index contributed by atoms with van der Waals surface area (Å²) in [5, 5.41) is 8.47. The highest BCUT2D eigenvalue weighted by Gasteiger charge is 2.35. The molecule has 6 nitrogen and oxygen atoms in total. The van der Waals surface area contributed by atoms with E-state index >= 15 is 0 Å². The fourth-order valence-corrected chi connectivity index (χ4v) is 4.71. The number of thiocarbonyl (C=S) groups is 1. The Morgan fingerprint density at radius 3 is 2.27 bits per heavy atom. The van der Waals surface area contributed by atoms with Crippen molar-refractivity contribution in [2.75, 3.05) is 4.90 Å². The van der Waals surface area contributed by atoms with E-state index in [1.54, 1.807) is 43.4 Å². The molecule has 11 heteroatoms. The minimum atomic E-state index is -0.605. The number of amides is 2. The number of hydrogen-bond donors (Lipinski definition) is 1. The molecule has 33 heavy (non-hydrogen) atoms. The van der Waals surface area contributed by atoms with Crippen LogP contribution in [0.25, 0.3) is 6.08 Å². The minimum Gasteiger partial charge on any atom is -0.298 e. The first kappa shape index (κ1) is 23.8. The second kappa shape index (κ2) is 9.87. The molecule has 0 bridgehead atoms. The van der Waals surface area contributed by atoms with Crippen LogP contribution in [0.4, 0.5) is 5.69 Å². The molecule has 0 radical (unpaired) electrons. The third kappa shape index (κ3) is 5.10. The summed E-state index contributed by atoms with van der Waals surface area (Å²) in [7, 11) is 1.69. The Hall–Kier alpha value is -2.36. The molecule has 1 aromatic heterocycles. The van der Waals surface area contributed by atoms with Gasteiger partial charge in [-0.25, -0.2) is 0 Å². The Bertz CT molecular complexity index is 1290. The average molecular weight is 538 g/mol. The first-order valence-corrected chi connectivity index (χ1v) is 12.0. The van der Waals surface area contributed by atoms with E-state index in [1.807, 2.05) is 12.1 Å². The van der Waals surface area contributed by atoms with Crippen LogP contribution in [0.15, 0.2) is 59.0 Å². The summed E-state index contributed by atoms with van der Waals surface area (Å²) in [5.41, 5.74) is 1.49. The second-order valence-corrected chi connectivity index (χ2v) is 9.62. The van der Waals surface area contributed by atoms with Crippen molar-refractivity contribution in [2.45, 2.75) is 10.6 Å². The van der Waals surface area contributed by atoms with E-state index in [-0.39, 0.29) is 10.7 Å². The van der Waals surface area contributed by atoms with Gasteiger partial charge in [0.15, 0.2) is 5.11 Å².